The summed E-state index contributed by atoms with van der Waals surface area (Å²) in [6.45, 7) is 2.36. The van der Waals surface area contributed by atoms with Crippen molar-refractivity contribution in [3.8, 4) is 28.5 Å². The van der Waals surface area contributed by atoms with Crippen LogP contribution in [0.25, 0.3) is 11.3 Å². The molecule has 0 aliphatic heterocycles. The number of rotatable bonds is 9. The van der Waals surface area contributed by atoms with E-state index in [0.29, 0.717) is 53.1 Å². The second-order valence-electron chi connectivity index (χ2n) is 6.75. The van der Waals surface area contributed by atoms with Gasteiger partial charge in [0.25, 0.3) is 0 Å². The molecule has 0 aliphatic carbocycles. The summed E-state index contributed by atoms with van der Waals surface area (Å²) in [4.78, 5) is 16.5. The number of methoxy groups -OCH3 is 2. The van der Waals surface area contributed by atoms with Gasteiger partial charge in [-0.05, 0) is 73.9 Å². The number of aromatic nitrogens is 1. The number of nitrogens with zero attached hydrogens (tertiary/aromatic N) is 1. The van der Waals surface area contributed by atoms with Crippen LogP contribution in [-0.2, 0) is 12.8 Å². The van der Waals surface area contributed by atoms with Gasteiger partial charge in [0.15, 0.2) is 0 Å². The summed E-state index contributed by atoms with van der Waals surface area (Å²) in [5.41, 5.74) is 2.93. The number of hydrogen-bond donors (Lipinski definition) is 1. The van der Waals surface area contributed by atoms with Gasteiger partial charge >= 0.3 is 5.97 Å². The summed E-state index contributed by atoms with van der Waals surface area (Å²) >= 11 is 6.11. The van der Waals surface area contributed by atoms with Gasteiger partial charge in [0.2, 0.25) is 0 Å². The number of aryl methyl sites for hydroxylation is 2. The summed E-state index contributed by atoms with van der Waals surface area (Å²) < 4.78 is 16.4. The van der Waals surface area contributed by atoms with Crippen LogP contribution in [0, 0.1) is 0 Å². The van der Waals surface area contributed by atoms with E-state index in [1.807, 2.05) is 31.2 Å². The average Bonchev–Trinajstić information content (AvgIpc) is 2.77. The first-order chi connectivity index (χ1) is 15.0. The Bertz CT molecular complexity index is 1080. The molecular weight excluding hydrogens is 418 g/mol. The van der Waals surface area contributed by atoms with E-state index in [2.05, 4.69) is 4.98 Å². The van der Waals surface area contributed by atoms with Crippen molar-refractivity contribution in [3.05, 3.63) is 70.4 Å². The lowest BCUT2D eigenvalue weighted by Gasteiger charge is -2.14. The standard InChI is InChI=1S/C24H24ClNO5/c1-4-31-23-14-16(25)6-8-18(23)20-11-9-19(24(27)28)21(26-20)10-5-15-13-17(29-2)7-12-22(15)30-3/h6-9,11-14H,4-5,10H2,1-3H3,(H,27,28). The topological polar surface area (TPSA) is 77.9 Å². The fourth-order valence-corrected chi connectivity index (χ4v) is 3.51. The normalized spacial score (nSPS) is 10.6. The van der Waals surface area contributed by atoms with E-state index >= 15 is 0 Å². The zero-order valence-electron chi connectivity index (χ0n) is 17.6. The van der Waals surface area contributed by atoms with Gasteiger partial charge in [-0.15, -0.1) is 0 Å². The Morgan fingerprint density at radius 1 is 1.00 bits per heavy atom. The van der Waals surface area contributed by atoms with Gasteiger partial charge < -0.3 is 19.3 Å². The molecule has 1 aromatic heterocycles. The van der Waals surface area contributed by atoms with Crippen molar-refractivity contribution < 1.29 is 24.1 Å². The van der Waals surface area contributed by atoms with E-state index in [1.165, 1.54) is 0 Å². The van der Waals surface area contributed by atoms with Gasteiger partial charge in [-0.3, -0.25) is 4.98 Å². The monoisotopic (exact) mass is 441 g/mol. The van der Waals surface area contributed by atoms with Crippen LogP contribution in [0.15, 0.2) is 48.5 Å². The van der Waals surface area contributed by atoms with Gasteiger partial charge in [-0.1, -0.05) is 11.6 Å². The van der Waals surface area contributed by atoms with E-state index in [0.717, 1.165) is 11.1 Å². The highest BCUT2D eigenvalue weighted by atomic mass is 35.5. The number of ether oxygens (including phenoxy) is 3. The van der Waals surface area contributed by atoms with Crippen LogP contribution in [0.2, 0.25) is 5.02 Å². The molecule has 3 aromatic rings. The first-order valence-electron chi connectivity index (χ1n) is 9.83. The first-order valence-corrected chi connectivity index (χ1v) is 10.2. The molecule has 2 aromatic carbocycles. The van der Waals surface area contributed by atoms with Crippen LogP contribution >= 0.6 is 11.6 Å². The molecule has 0 fully saturated rings. The fraction of sp³-hybridized carbons (Fsp3) is 0.250. The van der Waals surface area contributed by atoms with Crippen molar-refractivity contribution in [2.45, 2.75) is 19.8 Å². The van der Waals surface area contributed by atoms with Crippen molar-refractivity contribution in [2.24, 2.45) is 0 Å². The third kappa shape index (κ3) is 5.27. The molecule has 0 bridgehead atoms. The highest BCUT2D eigenvalue weighted by molar-refractivity contribution is 6.30. The quantitative estimate of drug-likeness (QED) is 0.485. The maximum absolute atomic E-state index is 11.8. The van der Waals surface area contributed by atoms with E-state index in [1.54, 1.807) is 38.5 Å². The zero-order chi connectivity index (χ0) is 22.4. The minimum atomic E-state index is -1.02. The minimum Gasteiger partial charge on any atom is -0.497 e. The molecule has 0 saturated heterocycles. The van der Waals surface area contributed by atoms with E-state index in [9.17, 15) is 9.90 Å². The van der Waals surface area contributed by atoms with E-state index in [-0.39, 0.29) is 5.56 Å². The number of carbonyl (C=O) groups is 1. The molecule has 0 aliphatic rings. The molecular formula is C24H24ClNO5. The summed E-state index contributed by atoms with van der Waals surface area (Å²) in [5.74, 6) is 1.00. The lowest BCUT2D eigenvalue weighted by atomic mass is 10.0. The maximum atomic E-state index is 11.8. The van der Waals surface area contributed by atoms with Crippen molar-refractivity contribution in [1.29, 1.82) is 0 Å². The van der Waals surface area contributed by atoms with Crippen molar-refractivity contribution in [1.82, 2.24) is 4.98 Å². The number of hydrogen-bond acceptors (Lipinski definition) is 5. The Balaban J connectivity index is 1.98. The zero-order valence-corrected chi connectivity index (χ0v) is 18.4. The molecule has 0 spiro atoms. The van der Waals surface area contributed by atoms with Gasteiger partial charge in [0.1, 0.15) is 17.2 Å². The molecule has 6 nitrogen and oxygen atoms in total. The van der Waals surface area contributed by atoms with Gasteiger partial charge in [-0.25, -0.2) is 4.79 Å². The Kier molecular flexibility index (Phi) is 7.36. The van der Waals surface area contributed by atoms with E-state index in [4.69, 9.17) is 25.8 Å². The Morgan fingerprint density at radius 2 is 1.81 bits per heavy atom. The fourth-order valence-electron chi connectivity index (χ4n) is 3.35. The number of benzene rings is 2. The molecule has 31 heavy (non-hydrogen) atoms. The maximum Gasteiger partial charge on any atom is 0.337 e. The summed E-state index contributed by atoms with van der Waals surface area (Å²) in [6, 6.07) is 14.1. The minimum absolute atomic E-state index is 0.164. The highest BCUT2D eigenvalue weighted by Crippen LogP contribution is 2.33. The highest BCUT2D eigenvalue weighted by Gasteiger charge is 2.17. The molecule has 1 heterocycles. The number of pyridine rings is 1. The largest absolute Gasteiger partial charge is 0.497 e. The average molecular weight is 442 g/mol. The molecule has 0 radical (unpaired) electrons. The molecule has 7 heteroatoms. The van der Waals surface area contributed by atoms with Crippen LogP contribution in [-0.4, -0.2) is 36.9 Å². The molecule has 0 amide bonds. The third-order valence-electron chi connectivity index (χ3n) is 4.84. The van der Waals surface area contributed by atoms with Crippen LogP contribution < -0.4 is 14.2 Å². The van der Waals surface area contributed by atoms with Crippen LogP contribution in [0.4, 0.5) is 0 Å². The molecule has 162 valence electrons. The van der Waals surface area contributed by atoms with Crippen LogP contribution in [0.3, 0.4) is 0 Å². The number of carboxylic acids is 1. The second-order valence-corrected chi connectivity index (χ2v) is 7.18. The molecule has 1 N–H and O–H groups in total. The first kappa shape index (κ1) is 22.4. The van der Waals surface area contributed by atoms with E-state index < -0.39 is 5.97 Å². The number of carboxylic acid groups (broad SMARTS) is 1. The SMILES string of the molecule is CCOc1cc(Cl)ccc1-c1ccc(C(=O)O)c(CCc2cc(OC)ccc2OC)n1. The van der Waals surface area contributed by atoms with Crippen molar-refractivity contribution >= 4 is 17.6 Å². The lowest BCUT2D eigenvalue weighted by molar-refractivity contribution is 0.0695. The van der Waals surface area contributed by atoms with Gasteiger partial charge in [-0.2, -0.15) is 0 Å². The molecule has 0 unspecified atom stereocenters. The van der Waals surface area contributed by atoms with Crippen LogP contribution in [0.5, 0.6) is 17.2 Å². The molecule has 0 atom stereocenters. The third-order valence-corrected chi connectivity index (χ3v) is 5.08. The smallest absolute Gasteiger partial charge is 0.337 e. The predicted octanol–water partition coefficient (Wildman–Crippen LogP) is 5.30. The van der Waals surface area contributed by atoms with Gasteiger partial charge in [0, 0.05) is 10.6 Å². The molecule has 0 saturated carbocycles. The van der Waals surface area contributed by atoms with Gasteiger partial charge in [0.05, 0.1) is 37.8 Å². The number of halogens is 1. The number of aromatic carboxylic acids is 1. The summed E-state index contributed by atoms with van der Waals surface area (Å²) in [5, 5.41) is 10.2. The lowest BCUT2D eigenvalue weighted by Crippen LogP contribution is -2.08. The Morgan fingerprint density at radius 3 is 2.48 bits per heavy atom. The predicted molar refractivity (Wildman–Crippen MR) is 120 cm³/mol. The van der Waals surface area contributed by atoms with Crippen molar-refractivity contribution in [3.63, 3.8) is 0 Å². The summed E-state index contributed by atoms with van der Waals surface area (Å²) in [7, 11) is 3.20. The van der Waals surface area contributed by atoms with Crippen LogP contribution in [0.1, 0.15) is 28.5 Å². The molecule has 3 rings (SSSR count). The van der Waals surface area contributed by atoms with Crippen molar-refractivity contribution in [2.75, 3.05) is 20.8 Å². The second kappa shape index (κ2) is 10.2. The Labute approximate surface area is 186 Å². The Hall–Kier alpha value is -3.25. The summed E-state index contributed by atoms with van der Waals surface area (Å²) in [6.07, 6.45) is 0.951.